The minimum absolute atomic E-state index is 0. The zero-order chi connectivity index (χ0) is 10.7. The summed E-state index contributed by atoms with van der Waals surface area (Å²) in [4.78, 5) is 15.6. The molecule has 1 aromatic heterocycles. The van der Waals surface area contributed by atoms with Gasteiger partial charge in [0.25, 0.3) is 0 Å². The molecule has 1 N–H and O–H groups in total. The number of carbonyl (C=O) groups is 1. The number of methoxy groups -OCH3 is 1. The smallest absolute Gasteiger partial charge is 0.356 e. The van der Waals surface area contributed by atoms with Crippen molar-refractivity contribution < 1.29 is 9.53 Å². The average Bonchev–Trinajstić information content (AvgIpc) is 2.82. The summed E-state index contributed by atoms with van der Waals surface area (Å²) in [5.74, 6) is -0.380. The van der Waals surface area contributed by atoms with Crippen molar-refractivity contribution in [2.75, 3.05) is 13.7 Å². The van der Waals surface area contributed by atoms with E-state index in [-0.39, 0.29) is 36.8 Å². The summed E-state index contributed by atoms with van der Waals surface area (Å²) >= 11 is 0. The normalized spacial score (nSPS) is 17.8. The molecule has 2 heterocycles. The van der Waals surface area contributed by atoms with Gasteiger partial charge in [0.2, 0.25) is 0 Å². The number of halogens is 2. The van der Waals surface area contributed by atoms with Crippen molar-refractivity contribution in [3.63, 3.8) is 0 Å². The molecule has 1 fully saturated rings. The summed E-state index contributed by atoms with van der Waals surface area (Å²) in [6, 6.07) is 5.74. The Morgan fingerprint density at radius 1 is 1.47 bits per heavy atom. The number of esters is 1. The fraction of sp³-hybridized carbons (Fsp3) is 0.455. The van der Waals surface area contributed by atoms with Crippen LogP contribution in [0.4, 0.5) is 0 Å². The van der Waals surface area contributed by atoms with Crippen molar-refractivity contribution >= 4 is 30.8 Å². The van der Waals surface area contributed by atoms with Gasteiger partial charge in [0.1, 0.15) is 5.69 Å². The summed E-state index contributed by atoms with van der Waals surface area (Å²) in [6.07, 6.45) is 2.24. The van der Waals surface area contributed by atoms with Crippen LogP contribution in [0, 0.1) is 0 Å². The van der Waals surface area contributed by atoms with Crippen LogP contribution in [-0.2, 0) is 4.74 Å². The topological polar surface area (TPSA) is 51.2 Å². The summed E-state index contributed by atoms with van der Waals surface area (Å²) in [5, 5.41) is 3.34. The molecule has 4 nitrogen and oxygen atoms in total. The second-order valence-electron chi connectivity index (χ2n) is 3.59. The number of carbonyl (C=O) groups excluding carboxylic acids is 1. The SMILES string of the molecule is COC(=O)c1cccc([C@H]2CCCN2)n1.Cl.Cl. The quantitative estimate of drug-likeness (QED) is 0.843. The standard InChI is InChI=1S/C11H14N2O2.2ClH/c1-15-11(14)10-5-2-4-9(13-10)8-6-3-7-12-8;;/h2,4-5,8,12H,3,6-7H2,1H3;2*1H/t8-;;/m1../s1. The Kier molecular flexibility index (Phi) is 7.11. The molecular formula is C11H16Cl2N2O2. The van der Waals surface area contributed by atoms with E-state index in [9.17, 15) is 4.79 Å². The van der Waals surface area contributed by atoms with Gasteiger partial charge in [-0.05, 0) is 31.5 Å². The van der Waals surface area contributed by atoms with Crippen LogP contribution in [0.5, 0.6) is 0 Å². The van der Waals surface area contributed by atoms with Crippen LogP contribution in [0.3, 0.4) is 0 Å². The van der Waals surface area contributed by atoms with E-state index in [0.29, 0.717) is 5.69 Å². The van der Waals surface area contributed by atoms with Crippen LogP contribution < -0.4 is 5.32 Å². The summed E-state index contributed by atoms with van der Waals surface area (Å²) in [5.41, 5.74) is 1.30. The Morgan fingerprint density at radius 2 is 2.24 bits per heavy atom. The molecule has 0 saturated carbocycles. The lowest BCUT2D eigenvalue weighted by molar-refractivity contribution is 0.0593. The molecule has 1 aliphatic rings. The Bertz CT molecular complexity index is 368. The lowest BCUT2D eigenvalue weighted by Gasteiger charge is -2.09. The van der Waals surface area contributed by atoms with E-state index >= 15 is 0 Å². The molecule has 1 atom stereocenters. The van der Waals surface area contributed by atoms with Crippen LogP contribution in [0.1, 0.15) is 35.1 Å². The van der Waals surface area contributed by atoms with E-state index in [1.807, 2.05) is 12.1 Å². The van der Waals surface area contributed by atoms with Gasteiger partial charge in [-0.15, -0.1) is 24.8 Å². The van der Waals surface area contributed by atoms with Crippen LogP contribution >= 0.6 is 24.8 Å². The van der Waals surface area contributed by atoms with Gasteiger partial charge in [-0.3, -0.25) is 0 Å². The Hall–Kier alpha value is -0.840. The fourth-order valence-corrected chi connectivity index (χ4v) is 1.80. The summed E-state index contributed by atoms with van der Waals surface area (Å²) in [6.45, 7) is 1.02. The van der Waals surface area contributed by atoms with E-state index in [1.165, 1.54) is 7.11 Å². The zero-order valence-electron chi connectivity index (χ0n) is 9.51. The number of nitrogens with one attached hydrogen (secondary N) is 1. The lowest BCUT2D eigenvalue weighted by atomic mass is 10.1. The Balaban J connectivity index is 0.00000128. The third kappa shape index (κ3) is 3.84. The molecule has 1 aromatic rings. The minimum Gasteiger partial charge on any atom is -0.464 e. The summed E-state index contributed by atoms with van der Waals surface area (Å²) < 4.78 is 4.63. The molecule has 1 aliphatic heterocycles. The fourth-order valence-electron chi connectivity index (χ4n) is 1.80. The van der Waals surface area contributed by atoms with E-state index in [0.717, 1.165) is 25.1 Å². The number of aromatic nitrogens is 1. The first-order valence-corrected chi connectivity index (χ1v) is 5.10. The van der Waals surface area contributed by atoms with Gasteiger partial charge in [-0.25, -0.2) is 9.78 Å². The van der Waals surface area contributed by atoms with Crippen LogP contribution in [0.15, 0.2) is 18.2 Å². The van der Waals surface area contributed by atoms with Gasteiger partial charge in [-0.2, -0.15) is 0 Å². The maximum atomic E-state index is 11.3. The van der Waals surface area contributed by atoms with Crippen molar-refractivity contribution in [1.82, 2.24) is 10.3 Å². The highest BCUT2D eigenvalue weighted by atomic mass is 35.5. The van der Waals surface area contributed by atoms with Gasteiger partial charge in [0, 0.05) is 6.04 Å². The van der Waals surface area contributed by atoms with Crippen LogP contribution in [0.25, 0.3) is 0 Å². The van der Waals surface area contributed by atoms with Crippen molar-refractivity contribution in [2.24, 2.45) is 0 Å². The van der Waals surface area contributed by atoms with Gasteiger partial charge < -0.3 is 10.1 Å². The van der Waals surface area contributed by atoms with E-state index in [1.54, 1.807) is 6.07 Å². The highest BCUT2D eigenvalue weighted by Gasteiger charge is 2.18. The first kappa shape index (κ1) is 16.2. The molecule has 6 heteroatoms. The largest absolute Gasteiger partial charge is 0.464 e. The molecule has 0 amide bonds. The molecule has 96 valence electrons. The van der Waals surface area contributed by atoms with Gasteiger partial charge in [0.05, 0.1) is 12.8 Å². The number of rotatable bonds is 2. The van der Waals surface area contributed by atoms with Crippen LogP contribution in [-0.4, -0.2) is 24.6 Å². The second kappa shape index (κ2) is 7.48. The molecule has 2 rings (SSSR count). The molecule has 0 aromatic carbocycles. The average molecular weight is 279 g/mol. The third-order valence-corrected chi connectivity index (χ3v) is 2.58. The molecule has 0 radical (unpaired) electrons. The van der Waals surface area contributed by atoms with Gasteiger partial charge >= 0.3 is 5.97 Å². The van der Waals surface area contributed by atoms with E-state index < -0.39 is 0 Å². The molecule has 1 saturated heterocycles. The first-order chi connectivity index (χ1) is 7.31. The van der Waals surface area contributed by atoms with Crippen molar-refractivity contribution in [2.45, 2.75) is 18.9 Å². The number of ether oxygens (including phenoxy) is 1. The number of nitrogens with zero attached hydrogens (tertiary/aromatic N) is 1. The molecule has 17 heavy (non-hydrogen) atoms. The van der Waals surface area contributed by atoms with Crippen molar-refractivity contribution in [3.8, 4) is 0 Å². The number of hydrogen-bond acceptors (Lipinski definition) is 4. The predicted molar refractivity (Wildman–Crippen MR) is 70.1 cm³/mol. The second-order valence-corrected chi connectivity index (χ2v) is 3.59. The van der Waals surface area contributed by atoms with Gasteiger partial charge in [0.15, 0.2) is 0 Å². The molecule has 0 bridgehead atoms. The van der Waals surface area contributed by atoms with Gasteiger partial charge in [-0.1, -0.05) is 6.07 Å². The monoisotopic (exact) mass is 278 g/mol. The van der Waals surface area contributed by atoms with Crippen molar-refractivity contribution in [3.05, 3.63) is 29.6 Å². The first-order valence-electron chi connectivity index (χ1n) is 5.10. The van der Waals surface area contributed by atoms with Crippen molar-refractivity contribution in [1.29, 1.82) is 0 Å². The highest BCUT2D eigenvalue weighted by molar-refractivity contribution is 5.87. The Labute approximate surface area is 113 Å². The molecule has 0 unspecified atom stereocenters. The highest BCUT2D eigenvalue weighted by Crippen LogP contribution is 2.21. The molecule has 0 spiro atoms. The van der Waals surface area contributed by atoms with Crippen LogP contribution in [0.2, 0.25) is 0 Å². The maximum absolute atomic E-state index is 11.3. The number of hydrogen-bond donors (Lipinski definition) is 1. The van der Waals surface area contributed by atoms with E-state index in [4.69, 9.17) is 0 Å². The summed E-state index contributed by atoms with van der Waals surface area (Å²) in [7, 11) is 1.37. The predicted octanol–water partition coefficient (Wildman–Crippen LogP) is 2.14. The maximum Gasteiger partial charge on any atom is 0.356 e. The molecule has 0 aliphatic carbocycles. The molecular weight excluding hydrogens is 263 g/mol. The Morgan fingerprint density at radius 3 is 2.82 bits per heavy atom. The lowest BCUT2D eigenvalue weighted by Crippen LogP contribution is -2.16. The minimum atomic E-state index is -0.380. The third-order valence-electron chi connectivity index (χ3n) is 2.58. The number of pyridine rings is 1. The van der Waals surface area contributed by atoms with E-state index in [2.05, 4.69) is 15.0 Å². The zero-order valence-corrected chi connectivity index (χ0v) is 11.1.